The summed E-state index contributed by atoms with van der Waals surface area (Å²) in [6, 6.07) is 7.33. The molecular formula is C21H19ClN4O2S. The number of hydrogen-bond acceptors (Lipinski definition) is 7. The number of methoxy groups -OCH3 is 2. The van der Waals surface area contributed by atoms with Gasteiger partial charge in [0.15, 0.2) is 5.82 Å². The zero-order valence-corrected chi connectivity index (χ0v) is 18.0. The van der Waals surface area contributed by atoms with E-state index in [0.717, 1.165) is 21.3 Å². The van der Waals surface area contributed by atoms with Crippen molar-refractivity contribution in [3.63, 3.8) is 0 Å². The van der Waals surface area contributed by atoms with Crippen LogP contribution in [-0.4, -0.2) is 29.2 Å². The second kappa shape index (κ2) is 7.85. The van der Waals surface area contributed by atoms with Crippen molar-refractivity contribution in [2.24, 2.45) is 0 Å². The molecule has 0 aliphatic rings. The fourth-order valence-electron chi connectivity index (χ4n) is 3.05. The molecule has 0 amide bonds. The Hall–Kier alpha value is -2.90. The minimum atomic E-state index is 0.473. The van der Waals surface area contributed by atoms with Crippen LogP contribution in [-0.2, 0) is 0 Å². The molecule has 1 aromatic carbocycles. The highest BCUT2D eigenvalue weighted by Crippen LogP contribution is 2.40. The highest BCUT2D eigenvalue weighted by atomic mass is 35.5. The van der Waals surface area contributed by atoms with Gasteiger partial charge < -0.3 is 14.8 Å². The Labute approximate surface area is 177 Å². The number of pyridine rings is 1. The van der Waals surface area contributed by atoms with Gasteiger partial charge in [-0.2, -0.15) is 0 Å². The standard InChI is InChI=1S/C21H19ClN4O2S/c1-11-12(2)29-21-18(11)20(25-19(26-21)13-6-5-7-23-10-13)24-15-9-16(27-3)14(22)8-17(15)28-4/h5-10H,1-4H3,(H,24,25,26). The summed E-state index contributed by atoms with van der Waals surface area (Å²) in [7, 11) is 3.17. The predicted molar refractivity (Wildman–Crippen MR) is 118 cm³/mol. The van der Waals surface area contributed by atoms with Crippen molar-refractivity contribution in [2.45, 2.75) is 13.8 Å². The molecule has 1 N–H and O–H groups in total. The van der Waals surface area contributed by atoms with Crippen LogP contribution in [0.5, 0.6) is 11.5 Å². The summed E-state index contributed by atoms with van der Waals surface area (Å²) in [5.41, 5.74) is 2.70. The lowest BCUT2D eigenvalue weighted by Crippen LogP contribution is -2.01. The smallest absolute Gasteiger partial charge is 0.164 e. The van der Waals surface area contributed by atoms with Gasteiger partial charge in [-0.15, -0.1) is 11.3 Å². The van der Waals surface area contributed by atoms with Crippen LogP contribution in [0, 0.1) is 13.8 Å². The molecule has 3 heterocycles. The molecule has 0 bridgehead atoms. The number of benzene rings is 1. The SMILES string of the molecule is COc1cc(Nc2nc(-c3cccnc3)nc3sc(C)c(C)c23)c(OC)cc1Cl. The number of thiophene rings is 1. The Bertz CT molecular complexity index is 1190. The lowest BCUT2D eigenvalue weighted by atomic mass is 10.2. The maximum absolute atomic E-state index is 6.25. The molecule has 0 spiro atoms. The van der Waals surface area contributed by atoms with Gasteiger partial charge >= 0.3 is 0 Å². The van der Waals surface area contributed by atoms with E-state index < -0.39 is 0 Å². The summed E-state index contributed by atoms with van der Waals surface area (Å²) in [6.45, 7) is 4.16. The number of aromatic nitrogens is 3. The maximum atomic E-state index is 6.25. The zero-order valence-electron chi connectivity index (χ0n) is 16.4. The van der Waals surface area contributed by atoms with Gasteiger partial charge in [0.1, 0.15) is 22.1 Å². The van der Waals surface area contributed by atoms with Gasteiger partial charge in [0.25, 0.3) is 0 Å². The van der Waals surface area contributed by atoms with Gasteiger partial charge in [0.2, 0.25) is 0 Å². The Balaban J connectivity index is 1.91. The first kappa shape index (κ1) is 19.4. The number of hydrogen-bond donors (Lipinski definition) is 1. The summed E-state index contributed by atoms with van der Waals surface area (Å²) in [5, 5.41) is 4.86. The summed E-state index contributed by atoms with van der Waals surface area (Å²) < 4.78 is 10.9. The molecule has 29 heavy (non-hydrogen) atoms. The first-order valence-corrected chi connectivity index (χ1v) is 10.1. The fraction of sp³-hybridized carbons (Fsp3) is 0.190. The second-order valence-corrected chi connectivity index (χ2v) is 8.02. The van der Waals surface area contributed by atoms with E-state index >= 15 is 0 Å². The first-order chi connectivity index (χ1) is 14.0. The Morgan fingerprint density at radius 1 is 1.07 bits per heavy atom. The quantitative estimate of drug-likeness (QED) is 0.436. The average Bonchev–Trinajstić information content (AvgIpc) is 3.03. The molecule has 0 fully saturated rings. The number of ether oxygens (including phenoxy) is 2. The third kappa shape index (κ3) is 3.59. The molecule has 0 radical (unpaired) electrons. The molecular weight excluding hydrogens is 408 g/mol. The largest absolute Gasteiger partial charge is 0.495 e. The number of fused-ring (bicyclic) bond motifs is 1. The number of rotatable bonds is 5. The van der Waals surface area contributed by atoms with Gasteiger partial charge in [-0.25, -0.2) is 9.97 Å². The van der Waals surface area contributed by atoms with E-state index in [1.807, 2.05) is 12.1 Å². The third-order valence-corrected chi connectivity index (χ3v) is 6.07. The van der Waals surface area contributed by atoms with Crippen LogP contribution in [0.25, 0.3) is 21.6 Å². The molecule has 0 unspecified atom stereocenters. The molecule has 0 saturated heterocycles. The molecule has 6 nitrogen and oxygen atoms in total. The lowest BCUT2D eigenvalue weighted by molar-refractivity contribution is 0.405. The molecule has 0 aliphatic carbocycles. The van der Waals surface area contributed by atoms with Crippen molar-refractivity contribution in [2.75, 3.05) is 19.5 Å². The predicted octanol–water partition coefficient (Wildman–Crippen LogP) is 5.78. The minimum absolute atomic E-state index is 0.473. The van der Waals surface area contributed by atoms with Crippen molar-refractivity contribution in [3.8, 4) is 22.9 Å². The highest BCUT2D eigenvalue weighted by Gasteiger charge is 2.18. The van der Waals surface area contributed by atoms with Crippen LogP contribution in [0.4, 0.5) is 11.5 Å². The molecule has 3 aromatic heterocycles. The maximum Gasteiger partial charge on any atom is 0.164 e. The van der Waals surface area contributed by atoms with Crippen molar-refractivity contribution in [3.05, 3.63) is 52.1 Å². The second-order valence-electron chi connectivity index (χ2n) is 6.41. The van der Waals surface area contributed by atoms with E-state index in [-0.39, 0.29) is 0 Å². The number of nitrogens with one attached hydrogen (secondary N) is 1. The normalized spacial score (nSPS) is 10.9. The van der Waals surface area contributed by atoms with Gasteiger partial charge in [0, 0.05) is 35.0 Å². The van der Waals surface area contributed by atoms with E-state index in [1.165, 1.54) is 4.88 Å². The van der Waals surface area contributed by atoms with Crippen LogP contribution < -0.4 is 14.8 Å². The van der Waals surface area contributed by atoms with Crippen LogP contribution in [0.1, 0.15) is 10.4 Å². The molecule has 148 valence electrons. The van der Waals surface area contributed by atoms with Crippen LogP contribution >= 0.6 is 22.9 Å². The number of nitrogens with zero attached hydrogens (tertiary/aromatic N) is 3. The van der Waals surface area contributed by atoms with E-state index in [0.29, 0.717) is 33.9 Å². The summed E-state index contributed by atoms with van der Waals surface area (Å²) in [4.78, 5) is 15.9. The highest BCUT2D eigenvalue weighted by molar-refractivity contribution is 7.18. The van der Waals surface area contributed by atoms with Gasteiger partial charge in [-0.3, -0.25) is 4.98 Å². The molecule has 0 atom stereocenters. The molecule has 8 heteroatoms. The zero-order chi connectivity index (χ0) is 20.5. The fourth-order valence-corrected chi connectivity index (χ4v) is 4.31. The van der Waals surface area contributed by atoms with Crippen LogP contribution in [0.2, 0.25) is 5.02 Å². The van der Waals surface area contributed by atoms with E-state index in [9.17, 15) is 0 Å². The molecule has 0 saturated carbocycles. The summed E-state index contributed by atoms with van der Waals surface area (Å²) in [5.74, 6) is 2.44. The minimum Gasteiger partial charge on any atom is -0.495 e. The van der Waals surface area contributed by atoms with Crippen molar-refractivity contribution < 1.29 is 9.47 Å². The Kier molecular flexibility index (Phi) is 5.25. The third-order valence-electron chi connectivity index (χ3n) is 4.68. The molecule has 0 aliphatic heterocycles. The summed E-state index contributed by atoms with van der Waals surface area (Å²) in [6.07, 6.45) is 3.48. The topological polar surface area (TPSA) is 69.2 Å². The number of aryl methyl sites for hydroxylation is 2. The van der Waals surface area contributed by atoms with Gasteiger partial charge in [-0.1, -0.05) is 11.6 Å². The monoisotopic (exact) mass is 426 g/mol. The Morgan fingerprint density at radius 3 is 2.55 bits per heavy atom. The number of anilines is 2. The Morgan fingerprint density at radius 2 is 1.86 bits per heavy atom. The average molecular weight is 427 g/mol. The van der Waals surface area contributed by atoms with Crippen molar-refractivity contribution >= 4 is 44.7 Å². The summed E-state index contributed by atoms with van der Waals surface area (Å²) >= 11 is 7.89. The van der Waals surface area contributed by atoms with Gasteiger partial charge in [-0.05, 0) is 31.5 Å². The van der Waals surface area contributed by atoms with Crippen molar-refractivity contribution in [1.29, 1.82) is 0 Å². The van der Waals surface area contributed by atoms with E-state index in [1.54, 1.807) is 50.1 Å². The van der Waals surface area contributed by atoms with Crippen LogP contribution in [0.3, 0.4) is 0 Å². The van der Waals surface area contributed by atoms with E-state index in [2.05, 4.69) is 24.1 Å². The first-order valence-electron chi connectivity index (χ1n) is 8.88. The van der Waals surface area contributed by atoms with Gasteiger partial charge in [0.05, 0.1) is 30.3 Å². The number of halogens is 1. The molecule has 4 rings (SSSR count). The van der Waals surface area contributed by atoms with Crippen LogP contribution in [0.15, 0.2) is 36.7 Å². The molecule has 4 aromatic rings. The van der Waals surface area contributed by atoms with E-state index in [4.69, 9.17) is 31.0 Å². The lowest BCUT2D eigenvalue weighted by Gasteiger charge is -2.15. The van der Waals surface area contributed by atoms with Crippen molar-refractivity contribution in [1.82, 2.24) is 15.0 Å².